The largest absolute Gasteiger partial charge is 0.329 e. The van der Waals surface area contributed by atoms with E-state index in [4.69, 9.17) is 0 Å². The standard InChI is InChI=1S/C18H22FN3O2/c1-5-21-16-13(9-7-12(19)15(16)10(2)3)22(18(21)24)14-8-6-11(4)20-17(14)23/h7,9-10,14H,4-6,8H2,1-3H3,(H,20,23). The van der Waals surface area contributed by atoms with Crippen LogP contribution in [-0.2, 0) is 11.3 Å². The summed E-state index contributed by atoms with van der Waals surface area (Å²) in [6, 6.07) is 2.39. The van der Waals surface area contributed by atoms with Gasteiger partial charge in [0.25, 0.3) is 0 Å². The summed E-state index contributed by atoms with van der Waals surface area (Å²) in [4.78, 5) is 25.3. The fraction of sp³-hybridized carbons (Fsp3) is 0.444. The van der Waals surface area contributed by atoms with Crippen LogP contribution in [0.1, 0.15) is 51.1 Å². The number of amides is 1. The average molecular weight is 331 g/mol. The minimum absolute atomic E-state index is 0.0679. The van der Waals surface area contributed by atoms with Gasteiger partial charge in [-0.15, -0.1) is 0 Å². The highest BCUT2D eigenvalue weighted by molar-refractivity contribution is 5.87. The summed E-state index contributed by atoms with van der Waals surface area (Å²) >= 11 is 0. The summed E-state index contributed by atoms with van der Waals surface area (Å²) in [7, 11) is 0. The number of carbonyl (C=O) groups is 1. The van der Waals surface area contributed by atoms with Crippen LogP contribution in [0, 0.1) is 5.82 Å². The molecule has 1 aliphatic heterocycles. The van der Waals surface area contributed by atoms with Gasteiger partial charge in [-0.25, -0.2) is 9.18 Å². The van der Waals surface area contributed by atoms with Crippen molar-refractivity contribution >= 4 is 16.9 Å². The normalized spacial score (nSPS) is 18.5. The molecule has 0 radical (unpaired) electrons. The summed E-state index contributed by atoms with van der Waals surface area (Å²) in [5.41, 5.74) is 2.12. The van der Waals surface area contributed by atoms with Gasteiger partial charge in [0, 0.05) is 17.8 Å². The minimum atomic E-state index is -0.594. The molecule has 1 unspecified atom stereocenters. The number of benzene rings is 1. The van der Waals surface area contributed by atoms with Crippen molar-refractivity contribution in [1.29, 1.82) is 0 Å². The number of aryl methyl sites for hydroxylation is 1. The second-order valence-corrected chi connectivity index (χ2v) is 6.53. The SMILES string of the molecule is C=C1CCC(n2c(=O)n(CC)c3c(C(C)C)c(F)ccc32)C(=O)N1. The van der Waals surface area contributed by atoms with E-state index in [0.29, 0.717) is 41.7 Å². The highest BCUT2D eigenvalue weighted by Gasteiger charge is 2.31. The maximum Gasteiger partial charge on any atom is 0.329 e. The Hall–Kier alpha value is -2.37. The summed E-state index contributed by atoms with van der Waals surface area (Å²) in [6.07, 6.45) is 1.14. The summed E-state index contributed by atoms with van der Waals surface area (Å²) in [6.45, 7) is 9.85. The highest BCUT2D eigenvalue weighted by atomic mass is 19.1. The predicted molar refractivity (Wildman–Crippen MR) is 91.5 cm³/mol. The van der Waals surface area contributed by atoms with Crippen LogP contribution < -0.4 is 11.0 Å². The zero-order valence-corrected chi connectivity index (χ0v) is 14.2. The zero-order valence-electron chi connectivity index (χ0n) is 14.2. The average Bonchev–Trinajstić information content (AvgIpc) is 2.78. The van der Waals surface area contributed by atoms with Gasteiger partial charge in [0.1, 0.15) is 11.9 Å². The Labute approximate surface area is 139 Å². The second kappa shape index (κ2) is 5.92. The van der Waals surface area contributed by atoms with Crippen LogP contribution in [0.5, 0.6) is 0 Å². The van der Waals surface area contributed by atoms with Crippen LogP contribution >= 0.6 is 0 Å². The van der Waals surface area contributed by atoms with Crippen LogP contribution in [0.2, 0.25) is 0 Å². The van der Waals surface area contributed by atoms with Crippen molar-refractivity contribution in [2.75, 3.05) is 0 Å². The van der Waals surface area contributed by atoms with E-state index in [2.05, 4.69) is 11.9 Å². The Morgan fingerprint density at radius 2 is 2.08 bits per heavy atom. The van der Waals surface area contributed by atoms with Gasteiger partial charge in [-0.2, -0.15) is 0 Å². The number of fused-ring (bicyclic) bond motifs is 1. The van der Waals surface area contributed by atoms with Crippen molar-refractivity contribution in [3.8, 4) is 0 Å². The number of rotatable bonds is 3. The van der Waals surface area contributed by atoms with Gasteiger partial charge in [-0.05, 0) is 37.8 Å². The fourth-order valence-electron chi connectivity index (χ4n) is 3.53. The quantitative estimate of drug-likeness (QED) is 0.940. The van der Waals surface area contributed by atoms with Gasteiger partial charge in [-0.1, -0.05) is 20.4 Å². The van der Waals surface area contributed by atoms with Gasteiger partial charge in [0.15, 0.2) is 0 Å². The molecule has 1 aliphatic rings. The molecular formula is C18H22FN3O2. The Kier molecular flexibility index (Phi) is 4.07. The molecule has 1 aromatic carbocycles. The first-order valence-corrected chi connectivity index (χ1v) is 8.28. The predicted octanol–water partition coefficient (Wildman–Crippen LogP) is 3.05. The van der Waals surface area contributed by atoms with E-state index in [9.17, 15) is 14.0 Å². The van der Waals surface area contributed by atoms with E-state index in [1.807, 2.05) is 20.8 Å². The first-order valence-electron chi connectivity index (χ1n) is 8.28. The van der Waals surface area contributed by atoms with Crippen LogP contribution in [0.3, 0.4) is 0 Å². The Bertz CT molecular complexity index is 892. The van der Waals surface area contributed by atoms with Gasteiger partial charge in [0.2, 0.25) is 5.91 Å². The molecule has 5 nitrogen and oxygen atoms in total. The van der Waals surface area contributed by atoms with Gasteiger partial charge >= 0.3 is 5.69 Å². The van der Waals surface area contributed by atoms with E-state index in [1.54, 1.807) is 10.6 Å². The van der Waals surface area contributed by atoms with Crippen molar-refractivity contribution in [2.45, 2.75) is 52.1 Å². The molecule has 128 valence electrons. The summed E-state index contributed by atoms with van der Waals surface area (Å²) in [5, 5.41) is 2.72. The third kappa shape index (κ3) is 2.37. The monoisotopic (exact) mass is 331 g/mol. The molecule has 1 amide bonds. The zero-order chi connectivity index (χ0) is 17.6. The molecule has 1 saturated heterocycles. The molecule has 0 bridgehead atoms. The second-order valence-electron chi connectivity index (χ2n) is 6.53. The molecule has 2 aromatic rings. The lowest BCUT2D eigenvalue weighted by Crippen LogP contribution is -2.40. The molecule has 0 aliphatic carbocycles. The van der Waals surface area contributed by atoms with E-state index >= 15 is 0 Å². The number of hydrogen-bond acceptors (Lipinski definition) is 2. The summed E-state index contributed by atoms with van der Waals surface area (Å²) < 4.78 is 17.4. The molecule has 1 atom stereocenters. The molecular weight excluding hydrogens is 309 g/mol. The topological polar surface area (TPSA) is 56.0 Å². The Balaban J connectivity index is 2.33. The van der Waals surface area contributed by atoms with Crippen LogP contribution in [0.4, 0.5) is 4.39 Å². The smallest absolute Gasteiger partial charge is 0.329 e. The molecule has 6 heteroatoms. The third-order valence-electron chi connectivity index (χ3n) is 4.64. The van der Waals surface area contributed by atoms with Gasteiger partial charge < -0.3 is 5.32 Å². The van der Waals surface area contributed by atoms with Crippen LogP contribution in [-0.4, -0.2) is 15.0 Å². The highest BCUT2D eigenvalue weighted by Crippen LogP contribution is 2.31. The van der Waals surface area contributed by atoms with Crippen molar-refractivity contribution in [3.63, 3.8) is 0 Å². The number of halogens is 1. The van der Waals surface area contributed by atoms with E-state index in [-0.39, 0.29) is 23.3 Å². The molecule has 1 N–H and O–H groups in total. The Morgan fingerprint density at radius 1 is 1.38 bits per heavy atom. The van der Waals surface area contributed by atoms with E-state index < -0.39 is 6.04 Å². The van der Waals surface area contributed by atoms with Crippen LogP contribution in [0.25, 0.3) is 11.0 Å². The maximum atomic E-state index is 14.4. The lowest BCUT2D eigenvalue weighted by atomic mass is 10.00. The van der Waals surface area contributed by atoms with Crippen molar-refractivity contribution in [3.05, 3.63) is 46.3 Å². The van der Waals surface area contributed by atoms with Crippen molar-refractivity contribution < 1.29 is 9.18 Å². The Morgan fingerprint density at radius 3 is 2.67 bits per heavy atom. The molecule has 24 heavy (non-hydrogen) atoms. The lowest BCUT2D eigenvalue weighted by molar-refractivity contribution is -0.124. The molecule has 1 aromatic heterocycles. The van der Waals surface area contributed by atoms with E-state index in [0.717, 1.165) is 0 Å². The van der Waals surface area contributed by atoms with Crippen molar-refractivity contribution in [2.24, 2.45) is 0 Å². The lowest BCUT2D eigenvalue weighted by Gasteiger charge is -2.24. The van der Waals surface area contributed by atoms with Crippen molar-refractivity contribution in [1.82, 2.24) is 14.5 Å². The number of nitrogens with zero attached hydrogens (tertiary/aromatic N) is 2. The van der Waals surface area contributed by atoms with E-state index in [1.165, 1.54) is 10.6 Å². The number of allylic oxidation sites excluding steroid dienone is 1. The molecule has 2 heterocycles. The number of aromatic nitrogens is 2. The number of carbonyl (C=O) groups excluding carboxylic acids is 1. The van der Waals surface area contributed by atoms with Crippen LogP contribution in [0.15, 0.2) is 29.2 Å². The molecule has 1 fully saturated rings. The number of nitrogens with one attached hydrogen (secondary N) is 1. The first kappa shape index (κ1) is 16.5. The minimum Gasteiger partial charge on any atom is -0.329 e. The number of imidazole rings is 1. The molecule has 0 spiro atoms. The number of hydrogen-bond donors (Lipinski definition) is 1. The first-order chi connectivity index (χ1) is 11.4. The fourth-order valence-corrected chi connectivity index (χ4v) is 3.53. The maximum absolute atomic E-state index is 14.4. The third-order valence-corrected chi connectivity index (χ3v) is 4.64. The summed E-state index contributed by atoms with van der Waals surface area (Å²) in [5.74, 6) is -0.626. The van der Waals surface area contributed by atoms with Gasteiger partial charge in [-0.3, -0.25) is 13.9 Å². The molecule has 0 saturated carbocycles. The number of piperidine rings is 1. The molecule has 3 rings (SSSR count). The van der Waals surface area contributed by atoms with Gasteiger partial charge in [0.05, 0.1) is 11.0 Å².